The van der Waals surface area contributed by atoms with Crippen molar-refractivity contribution in [3.05, 3.63) is 0 Å². The van der Waals surface area contributed by atoms with Crippen LogP contribution in [0.5, 0.6) is 0 Å². The van der Waals surface area contributed by atoms with Crippen molar-refractivity contribution in [2.24, 2.45) is 0 Å². The molecule has 1 fully saturated rings. The molecule has 92 valence electrons. The lowest BCUT2D eigenvalue weighted by atomic mass is 10.3. The number of thioether (sulfide) groups is 1. The molecule has 2 amide bonds. The van der Waals surface area contributed by atoms with Gasteiger partial charge >= 0.3 is 12.0 Å². The molecule has 0 spiro atoms. The Morgan fingerprint density at radius 1 is 1.56 bits per heavy atom. The van der Waals surface area contributed by atoms with Crippen molar-refractivity contribution in [1.29, 1.82) is 0 Å². The number of hydrogen-bond acceptors (Lipinski definition) is 3. The first kappa shape index (κ1) is 13.2. The maximum absolute atomic E-state index is 12.1. The van der Waals surface area contributed by atoms with Crippen LogP contribution < -0.4 is 0 Å². The summed E-state index contributed by atoms with van der Waals surface area (Å²) in [6.45, 7) is 6.36. The minimum atomic E-state index is -0.918. The number of carboxylic acid groups (broad SMARTS) is 1. The summed E-state index contributed by atoms with van der Waals surface area (Å²) in [7, 11) is 0. The zero-order valence-electron chi connectivity index (χ0n) is 9.84. The van der Waals surface area contributed by atoms with Crippen LogP contribution in [0.4, 0.5) is 4.79 Å². The maximum atomic E-state index is 12.1. The first-order chi connectivity index (χ1) is 7.49. The highest BCUT2D eigenvalue weighted by molar-refractivity contribution is 7.99. The number of carbonyl (C=O) groups excluding carboxylic acids is 1. The Morgan fingerprint density at radius 3 is 2.62 bits per heavy atom. The average molecular weight is 246 g/mol. The van der Waals surface area contributed by atoms with Crippen molar-refractivity contribution >= 4 is 23.8 Å². The lowest BCUT2D eigenvalue weighted by Crippen LogP contribution is -2.50. The number of rotatable bonds is 3. The van der Waals surface area contributed by atoms with Gasteiger partial charge < -0.3 is 14.9 Å². The number of amides is 2. The number of urea groups is 1. The third kappa shape index (κ3) is 2.61. The first-order valence-electron chi connectivity index (χ1n) is 5.36. The molecule has 1 aliphatic heterocycles. The normalized spacial score (nSPS) is 20.2. The van der Waals surface area contributed by atoms with Crippen LogP contribution in [-0.2, 0) is 4.79 Å². The summed E-state index contributed by atoms with van der Waals surface area (Å²) in [5.41, 5.74) is 0. The molecule has 1 heterocycles. The van der Waals surface area contributed by atoms with Crippen LogP contribution in [0, 0.1) is 0 Å². The molecule has 5 nitrogen and oxygen atoms in total. The monoisotopic (exact) mass is 246 g/mol. The van der Waals surface area contributed by atoms with E-state index in [4.69, 9.17) is 5.11 Å². The van der Waals surface area contributed by atoms with Crippen molar-refractivity contribution in [1.82, 2.24) is 9.80 Å². The molecular formula is C10H18N2O3S. The number of carboxylic acids is 1. The fourth-order valence-corrected chi connectivity index (χ4v) is 2.86. The van der Waals surface area contributed by atoms with Crippen LogP contribution in [0.3, 0.4) is 0 Å². The number of aliphatic carboxylic acids is 1. The Bertz CT molecular complexity index is 283. The van der Waals surface area contributed by atoms with Crippen LogP contribution in [0.25, 0.3) is 0 Å². The van der Waals surface area contributed by atoms with Gasteiger partial charge in [0.25, 0.3) is 0 Å². The fraction of sp³-hybridized carbons (Fsp3) is 0.800. The van der Waals surface area contributed by atoms with Gasteiger partial charge in [-0.25, -0.2) is 9.59 Å². The molecule has 1 N–H and O–H groups in total. The molecule has 1 saturated heterocycles. The Morgan fingerprint density at radius 2 is 2.19 bits per heavy atom. The number of carbonyl (C=O) groups is 2. The van der Waals surface area contributed by atoms with E-state index in [9.17, 15) is 9.59 Å². The number of nitrogens with zero attached hydrogens (tertiary/aromatic N) is 2. The Kier molecular flexibility index (Phi) is 4.46. The SMILES string of the molecule is CCN(C(=O)N1CSC[C@H]1C(=O)O)C(C)C. The van der Waals surface area contributed by atoms with Crippen LogP contribution in [0.2, 0.25) is 0 Å². The summed E-state index contributed by atoms with van der Waals surface area (Å²) in [6, 6.07) is -0.752. The maximum Gasteiger partial charge on any atom is 0.327 e. The van der Waals surface area contributed by atoms with Gasteiger partial charge in [-0.05, 0) is 20.8 Å². The van der Waals surface area contributed by atoms with Crippen LogP contribution >= 0.6 is 11.8 Å². The van der Waals surface area contributed by atoms with Gasteiger partial charge in [0.2, 0.25) is 0 Å². The largest absolute Gasteiger partial charge is 0.480 e. The second-order valence-electron chi connectivity index (χ2n) is 3.99. The van der Waals surface area contributed by atoms with Gasteiger partial charge in [-0.15, -0.1) is 11.8 Å². The van der Waals surface area contributed by atoms with Crippen molar-refractivity contribution < 1.29 is 14.7 Å². The molecule has 16 heavy (non-hydrogen) atoms. The van der Waals surface area contributed by atoms with E-state index in [0.29, 0.717) is 18.2 Å². The number of hydrogen-bond donors (Lipinski definition) is 1. The van der Waals surface area contributed by atoms with Crippen LogP contribution in [0.1, 0.15) is 20.8 Å². The molecule has 0 aromatic heterocycles. The van der Waals surface area contributed by atoms with E-state index in [1.807, 2.05) is 20.8 Å². The molecule has 1 aliphatic rings. The van der Waals surface area contributed by atoms with Gasteiger partial charge in [-0.3, -0.25) is 0 Å². The lowest BCUT2D eigenvalue weighted by Gasteiger charge is -2.31. The van der Waals surface area contributed by atoms with E-state index in [2.05, 4.69) is 0 Å². The van der Waals surface area contributed by atoms with E-state index in [1.54, 1.807) is 4.90 Å². The predicted molar refractivity (Wildman–Crippen MR) is 63.5 cm³/mol. The summed E-state index contributed by atoms with van der Waals surface area (Å²) >= 11 is 1.48. The standard InChI is InChI=1S/C10H18N2O3S/c1-4-11(7(2)3)10(15)12-6-16-5-8(12)9(13)14/h7-8H,4-6H2,1-3H3,(H,13,14)/t8-/m0/s1. The lowest BCUT2D eigenvalue weighted by molar-refractivity contribution is -0.141. The Balaban J connectivity index is 2.75. The smallest absolute Gasteiger partial charge is 0.327 e. The molecule has 0 saturated carbocycles. The minimum absolute atomic E-state index is 0.0949. The van der Waals surface area contributed by atoms with E-state index in [-0.39, 0.29) is 12.1 Å². The summed E-state index contributed by atoms with van der Waals surface area (Å²) in [6.07, 6.45) is 0. The van der Waals surface area contributed by atoms with Gasteiger partial charge in [0.1, 0.15) is 6.04 Å². The van der Waals surface area contributed by atoms with Crippen molar-refractivity contribution in [3.63, 3.8) is 0 Å². The van der Waals surface area contributed by atoms with E-state index < -0.39 is 12.0 Å². The third-order valence-electron chi connectivity index (χ3n) is 2.62. The Labute approximate surface area is 99.8 Å². The highest BCUT2D eigenvalue weighted by Gasteiger charge is 2.36. The first-order valence-corrected chi connectivity index (χ1v) is 6.52. The van der Waals surface area contributed by atoms with Gasteiger partial charge in [-0.2, -0.15) is 0 Å². The summed E-state index contributed by atoms with van der Waals surface area (Å²) in [5.74, 6) is 0.0357. The van der Waals surface area contributed by atoms with Gasteiger partial charge in [0.05, 0.1) is 5.88 Å². The third-order valence-corrected chi connectivity index (χ3v) is 3.63. The molecule has 6 heteroatoms. The summed E-state index contributed by atoms with van der Waals surface area (Å²) in [5, 5.41) is 9.00. The molecule has 0 aliphatic carbocycles. The van der Waals surface area contributed by atoms with Crippen molar-refractivity contribution in [3.8, 4) is 0 Å². The van der Waals surface area contributed by atoms with Crippen molar-refractivity contribution in [2.45, 2.75) is 32.9 Å². The van der Waals surface area contributed by atoms with E-state index in [0.717, 1.165) is 0 Å². The van der Waals surface area contributed by atoms with Gasteiger partial charge in [0, 0.05) is 18.3 Å². The zero-order valence-corrected chi connectivity index (χ0v) is 10.7. The molecule has 0 aromatic carbocycles. The quantitative estimate of drug-likeness (QED) is 0.815. The van der Waals surface area contributed by atoms with E-state index >= 15 is 0 Å². The molecule has 0 aromatic rings. The van der Waals surface area contributed by atoms with Crippen molar-refractivity contribution in [2.75, 3.05) is 18.2 Å². The average Bonchev–Trinajstić information content (AvgIpc) is 2.65. The topological polar surface area (TPSA) is 60.9 Å². The highest BCUT2D eigenvalue weighted by Crippen LogP contribution is 2.23. The van der Waals surface area contributed by atoms with Crippen LogP contribution in [0.15, 0.2) is 0 Å². The fourth-order valence-electron chi connectivity index (χ4n) is 1.72. The zero-order chi connectivity index (χ0) is 12.3. The molecule has 0 radical (unpaired) electrons. The second-order valence-corrected chi connectivity index (χ2v) is 4.99. The highest BCUT2D eigenvalue weighted by atomic mass is 32.2. The van der Waals surface area contributed by atoms with Gasteiger partial charge in [0.15, 0.2) is 0 Å². The molecular weight excluding hydrogens is 228 g/mol. The molecule has 0 bridgehead atoms. The summed E-state index contributed by atoms with van der Waals surface area (Å²) < 4.78 is 0. The molecule has 0 unspecified atom stereocenters. The van der Waals surface area contributed by atoms with E-state index in [1.165, 1.54) is 16.7 Å². The second kappa shape index (κ2) is 5.43. The Hall–Kier alpha value is -0.910. The predicted octanol–water partition coefficient (Wildman–Crippen LogP) is 1.30. The van der Waals surface area contributed by atoms with Gasteiger partial charge in [-0.1, -0.05) is 0 Å². The van der Waals surface area contributed by atoms with Crippen LogP contribution in [-0.4, -0.2) is 57.2 Å². The minimum Gasteiger partial charge on any atom is -0.480 e. The molecule has 1 atom stereocenters. The molecule has 1 rings (SSSR count). The summed E-state index contributed by atoms with van der Waals surface area (Å²) in [4.78, 5) is 26.2.